The lowest BCUT2D eigenvalue weighted by Crippen LogP contribution is -2.28. The lowest BCUT2D eigenvalue weighted by molar-refractivity contribution is 0.0948. The SMILES string of the molecule is Cc1nc(C)c(C(=O)NCC2CCC(O)C2)s1. The van der Waals surface area contributed by atoms with Gasteiger partial charge in [0.1, 0.15) is 4.88 Å². The van der Waals surface area contributed by atoms with E-state index in [-0.39, 0.29) is 12.0 Å². The van der Waals surface area contributed by atoms with Gasteiger partial charge in [0.15, 0.2) is 0 Å². The number of aliphatic hydroxyl groups excluding tert-OH is 1. The first-order valence-electron chi connectivity index (χ1n) is 5.96. The third kappa shape index (κ3) is 3.04. The number of nitrogens with zero attached hydrogens (tertiary/aromatic N) is 1. The fourth-order valence-corrected chi connectivity index (χ4v) is 3.13. The highest BCUT2D eigenvalue weighted by Crippen LogP contribution is 2.25. The summed E-state index contributed by atoms with van der Waals surface area (Å²) in [7, 11) is 0. The highest BCUT2D eigenvalue weighted by molar-refractivity contribution is 7.13. The second-order valence-corrected chi connectivity index (χ2v) is 5.89. The fourth-order valence-electron chi connectivity index (χ4n) is 2.29. The molecule has 0 bridgehead atoms. The Morgan fingerprint density at radius 3 is 2.82 bits per heavy atom. The Labute approximate surface area is 105 Å². The lowest BCUT2D eigenvalue weighted by atomic mass is 10.1. The van der Waals surface area contributed by atoms with Crippen molar-refractivity contribution < 1.29 is 9.90 Å². The highest BCUT2D eigenvalue weighted by atomic mass is 32.1. The van der Waals surface area contributed by atoms with Crippen molar-refractivity contribution in [3.8, 4) is 0 Å². The van der Waals surface area contributed by atoms with Crippen LogP contribution in [-0.2, 0) is 0 Å². The van der Waals surface area contributed by atoms with E-state index in [4.69, 9.17) is 0 Å². The average Bonchev–Trinajstić information content (AvgIpc) is 2.81. The first-order valence-corrected chi connectivity index (χ1v) is 6.78. The number of thiazole rings is 1. The zero-order chi connectivity index (χ0) is 12.4. The predicted octanol–water partition coefficient (Wildman–Crippen LogP) is 1.65. The molecule has 1 aromatic rings. The molecule has 17 heavy (non-hydrogen) atoms. The molecule has 1 aliphatic rings. The Morgan fingerprint density at radius 1 is 1.53 bits per heavy atom. The lowest BCUT2D eigenvalue weighted by Gasteiger charge is -2.10. The van der Waals surface area contributed by atoms with Crippen LogP contribution in [-0.4, -0.2) is 28.6 Å². The number of aromatic nitrogens is 1. The molecule has 2 unspecified atom stereocenters. The topological polar surface area (TPSA) is 62.2 Å². The van der Waals surface area contributed by atoms with Gasteiger partial charge in [-0.3, -0.25) is 4.79 Å². The molecule has 1 amide bonds. The van der Waals surface area contributed by atoms with E-state index >= 15 is 0 Å². The van der Waals surface area contributed by atoms with Crippen LogP contribution in [0.3, 0.4) is 0 Å². The van der Waals surface area contributed by atoms with E-state index in [0.29, 0.717) is 17.3 Å². The summed E-state index contributed by atoms with van der Waals surface area (Å²) in [5.74, 6) is 0.387. The highest BCUT2D eigenvalue weighted by Gasteiger charge is 2.23. The van der Waals surface area contributed by atoms with Gasteiger partial charge >= 0.3 is 0 Å². The normalized spacial score (nSPS) is 23.9. The number of nitrogens with one attached hydrogen (secondary N) is 1. The summed E-state index contributed by atoms with van der Waals surface area (Å²) in [5, 5.41) is 13.3. The van der Waals surface area contributed by atoms with E-state index in [1.807, 2.05) is 13.8 Å². The van der Waals surface area contributed by atoms with E-state index in [0.717, 1.165) is 30.0 Å². The summed E-state index contributed by atoms with van der Waals surface area (Å²) in [6.07, 6.45) is 2.49. The number of carbonyl (C=O) groups is 1. The van der Waals surface area contributed by atoms with Crippen LogP contribution in [0.1, 0.15) is 39.6 Å². The van der Waals surface area contributed by atoms with Crippen LogP contribution in [0.2, 0.25) is 0 Å². The monoisotopic (exact) mass is 254 g/mol. The summed E-state index contributed by atoms with van der Waals surface area (Å²) in [6.45, 7) is 4.42. The summed E-state index contributed by atoms with van der Waals surface area (Å²) < 4.78 is 0. The van der Waals surface area contributed by atoms with Crippen LogP contribution < -0.4 is 5.32 Å². The van der Waals surface area contributed by atoms with Crippen molar-refractivity contribution in [2.45, 2.75) is 39.2 Å². The zero-order valence-corrected chi connectivity index (χ0v) is 11.0. The maximum absolute atomic E-state index is 11.9. The van der Waals surface area contributed by atoms with Crippen molar-refractivity contribution in [2.24, 2.45) is 5.92 Å². The molecular formula is C12H18N2O2S. The maximum Gasteiger partial charge on any atom is 0.263 e. The Kier molecular flexibility index (Phi) is 3.79. The predicted molar refractivity (Wildman–Crippen MR) is 67.3 cm³/mol. The van der Waals surface area contributed by atoms with Crippen molar-refractivity contribution in [1.29, 1.82) is 0 Å². The molecule has 0 saturated heterocycles. The summed E-state index contributed by atoms with van der Waals surface area (Å²) in [6, 6.07) is 0. The largest absolute Gasteiger partial charge is 0.393 e. The average molecular weight is 254 g/mol. The van der Waals surface area contributed by atoms with Crippen LogP contribution >= 0.6 is 11.3 Å². The Balaban J connectivity index is 1.87. The smallest absolute Gasteiger partial charge is 0.263 e. The third-order valence-corrected chi connectivity index (χ3v) is 4.25. The van der Waals surface area contributed by atoms with Gasteiger partial charge in [0.05, 0.1) is 16.8 Å². The van der Waals surface area contributed by atoms with E-state index in [1.165, 1.54) is 11.3 Å². The standard InChI is InChI=1S/C12H18N2O2S/c1-7-11(17-8(2)14-7)12(16)13-6-9-3-4-10(15)5-9/h9-10,15H,3-6H2,1-2H3,(H,13,16). The van der Waals surface area contributed by atoms with Gasteiger partial charge in [-0.2, -0.15) is 0 Å². The number of carbonyl (C=O) groups excluding carboxylic acids is 1. The van der Waals surface area contributed by atoms with Crippen molar-refractivity contribution >= 4 is 17.2 Å². The van der Waals surface area contributed by atoms with E-state index in [9.17, 15) is 9.90 Å². The molecule has 2 atom stereocenters. The van der Waals surface area contributed by atoms with Crippen molar-refractivity contribution in [3.05, 3.63) is 15.6 Å². The molecule has 1 saturated carbocycles. The zero-order valence-electron chi connectivity index (χ0n) is 10.2. The van der Waals surface area contributed by atoms with Crippen LogP contribution in [0.25, 0.3) is 0 Å². The Bertz CT molecular complexity index is 417. The molecule has 5 heteroatoms. The molecule has 0 spiro atoms. The van der Waals surface area contributed by atoms with E-state index in [2.05, 4.69) is 10.3 Å². The molecular weight excluding hydrogens is 236 g/mol. The van der Waals surface area contributed by atoms with Crippen LogP contribution in [0.5, 0.6) is 0 Å². The van der Waals surface area contributed by atoms with Crippen LogP contribution in [0, 0.1) is 19.8 Å². The molecule has 4 nitrogen and oxygen atoms in total. The minimum Gasteiger partial charge on any atom is -0.393 e. The van der Waals surface area contributed by atoms with Crippen molar-refractivity contribution in [2.75, 3.05) is 6.54 Å². The maximum atomic E-state index is 11.9. The van der Waals surface area contributed by atoms with Crippen LogP contribution in [0.4, 0.5) is 0 Å². The van der Waals surface area contributed by atoms with Gasteiger partial charge in [-0.25, -0.2) is 4.98 Å². The molecule has 1 aromatic heterocycles. The van der Waals surface area contributed by atoms with Gasteiger partial charge in [0, 0.05) is 6.54 Å². The second kappa shape index (κ2) is 5.14. The first kappa shape index (κ1) is 12.5. The first-order chi connectivity index (χ1) is 8.06. The van der Waals surface area contributed by atoms with Gasteiger partial charge in [0.2, 0.25) is 0 Å². The number of hydrogen-bond acceptors (Lipinski definition) is 4. The van der Waals surface area contributed by atoms with Crippen LogP contribution in [0.15, 0.2) is 0 Å². The molecule has 0 aliphatic heterocycles. The molecule has 0 aromatic carbocycles. The molecule has 1 heterocycles. The Hall–Kier alpha value is -0.940. The number of aliphatic hydroxyl groups is 1. The summed E-state index contributed by atoms with van der Waals surface area (Å²) in [5.41, 5.74) is 0.802. The number of rotatable bonds is 3. The van der Waals surface area contributed by atoms with Crippen molar-refractivity contribution in [3.63, 3.8) is 0 Å². The molecule has 1 aliphatic carbocycles. The third-order valence-electron chi connectivity index (χ3n) is 3.17. The summed E-state index contributed by atoms with van der Waals surface area (Å²) in [4.78, 5) is 16.9. The second-order valence-electron chi connectivity index (χ2n) is 4.69. The number of aryl methyl sites for hydroxylation is 2. The number of hydrogen-bond donors (Lipinski definition) is 2. The fraction of sp³-hybridized carbons (Fsp3) is 0.667. The minimum absolute atomic E-state index is 0.0329. The van der Waals surface area contributed by atoms with Crippen molar-refractivity contribution in [1.82, 2.24) is 10.3 Å². The minimum atomic E-state index is -0.177. The number of amides is 1. The van der Waals surface area contributed by atoms with Gasteiger partial charge in [-0.05, 0) is 39.0 Å². The molecule has 94 valence electrons. The quantitative estimate of drug-likeness (QED) is 0.862. The van der Waals surface area contributed by atoms with Gasteiger partial charge < -0.3 is 10.4 Å². The molecule has 0 radical (unpaired) electrons. The van der Waals surface area contributed by atoms with E-state index in [1.54, 1.807) is 0 Å². The van der Waals surface area contributed by atoms with Gasteiger partial charge in [-0.1, -0.05) is 0 Å². The van der Waals surface area contributed by atoms with Gasteiger partial charge in [0.25, 0.3) is 5.91 Å². The molecule has 1 fully saturated rings. The Morgan fingerprint density at radius 2 is 2.29 bits per heavy atom. The van der Waals surface area contributed by atoms with E-state index < -0.39 is 0 Å². The van der Waals surface area contributed by atoms with Gasteiger partial charge in [-0.15, -0.1) is 11.3 Å². The molecule has 2 rings (SSSR count). The molecule has 2 N–H and O–H groups in total. The summed E-state index contributed by atoms with van der Waals surface area (Å²) >= 11 is 1.43.